The molecular weight excluding hydrogens is 442 g/mol. The van der Waals surface area contributed by atoms with Crippen LogP contribution in [0.2, 0.25) is 0 Å². The summed E-state index contributed by atoms with van der Waals surface area (Å²) < 4.78 is 15.4. The lowest BCUT2D eigenvalue weighted by Gasteiger charge is -2.17. The van der Waals surface area contributed by atoms with Crippen molar-refractivity contribution < 1.29 is 23.8 Å². The molecule has 1 atom stereocenters. The van der Waals surface area contributed by atoms with Gasteiger partial charge in [0.05, 0.1) is 55.1 Å². The van der Waals surface area contributed by atoms with Crippen LogP contribution in [-0.2, 0) is 14.3 Å². The van der Waals surface area contributed by atoms with Crippen LogP contribution in [0.25, 0.3) is 0 Å². The van der Waals surface area contributed by atoms with Crippen LogP contribution in [-0.4, -0.2) is 43.5 Å². The molecule has 0 aromatic heterocycles. The van der Waals surface area contributed by atoms with E-state index in [2.05, 4.69) is 10.6 Å². The standard InChI is InChI=1S/C24H27N3O5S/c1-5-21(24(29)27-19-14-16(30-2)10-11-20(19)31-3)33-22-12-15(13-23(28)32-4)25-17-8-6-7-9-18(17)26-22/h6-12,14,21,25H,5,13H2,1-4H3,(H,27,29). The summed E-state index contributed by atoms with van der Waals surface area (Å²) in [7, 11) is 4.45. The van der Waals surface area contributed by atoms with Gasteiger partial charge >= 0.3 is 5.97 Å². The minimum Gasteiger partial charge on any atom is -0.497 e. The average Bonchev–Trinajstić information content (AvgIpc) is 3.00. The van der Waals surface area contributed by atoms with Crippen LogP contribution < -0.4 is 20.1 Å². The van der Waals surface area contributed by atoms with E-state index in [1.165, 1.54) is 18.9 Å². The molecule has 3 rings (SSSR count). The Labute approximate surface area is 197 Å². The molecule has 1 unspecified atom stereocenters. The van der Waals surface area contributed by atoms with E-state index in [0.717, 1.165) is 11.4 Å². The molecule has 0 fully saturated rings. The average molecular weight is 470 g/mol. The molecule has 0 saturated carbocycles. The molecule has 174 valence electrons. The molecule has 0 saturated heterocycles. The van der Waals surface area contributed by atoms with Crippen molar-refractivity contribution in [2.75, 3.05) is 32.0 Å². The largest absolute Gasteiger partial charge is 0.497 e. The van der Waals surface area contributed by atoms with Crippen LogP contribution in [0.1, 0.15) is 19.8 Å². The molecule has 1 aliphatic heterocycles. The number of carbonyl (C=O) groups is 2. The van der Waals surface area contributed by atoms with Gasteiger partial charge in [-0.3, -0.25) is 9.59 Å². The lowest BCUT2D eigenvalue weighted by Crippen LogP contribution is -2.26. The number of hydrogen-bond acceptors (Lipinski definition) is 8. The van der Waals surface area contributed by atoms with Gasteiger partial charge in [0.1, 0.15) is 11.5 Å². The summed E-state index contributed by atoms with van der Waals surface area (Å²) in [4.78, 5) is 29.7. The number of ether oxygens (including phenoxy) is 3. The molecule has 8 nitrogen and oxygen atoms in total. The summed E-state index contributed by atoms with van der Waals surface area (Å²) in [5.74, 6) is 0.588. The molecule has 0 spiro atoms. The lowest BCUT2D eigenvalue weighted by molar-refractivity contribution is -0.139. The fraction of sp³-hybridized carbons (Fsp3) is 0.292. The Balaban J connectivity index is 1.85. The smallest absolute Gasteiger partial charge is 0.311 e. The number of hydrogen-bond donors (Lipinski definition) is 2. The Morgan fingerprint density at radius 2 is 1.91 bits per heavy atom. The van der Waals surface area contributed by atoms with Crippen LogP contribution in [0.4, 0.5) is 17.1 Å². The minimum atomic E-state index is -0.430. The summed E-state index contributed by atoms with van der Waals surface area (Å²) in [6.07, 6.45) is 2.41. The van der Waals surface area contributed by atoms with E-state index in [1.54, 1.807) is 38.5 Å². The molecule has 1 amide bonds. The van der Waals surface area contributed by atoms with Crippen molar-refractivity contribution in [3.05, 3.63) is 54.2 Å². The second-order valence-electron chi connectivity index (χ2n) is 7.08. The van der Waals surface area contributed by atoms with Crippen LogP contribution in [0.3, 0.4) is 0 Å². The summed E-state index contributed by atoms with van der Waals surface area (Å²) in [6, 6.07) is 12.7. The Hall–Kier alpha value is -3.46. The summed E-state index contributed by atoms with van der Waals surface area (Å²) in [5.41, 5.74) is 2.67. The van der Waals surface area contributed by atoms with Crippen LogP contribution in [0.15, 0.2) is 59.2 Å². The van der Waals surface area contributed by atoms with Crippen molar-refractivity contribution in [2.24, 2.45) is 4.99 Å². The zero-order valence-electron chi connectivity index (χ0n) is 19.0. The molecule has 2 aromatic carbocycles. The second kappa shape index (κ2) is 11.4. The number of fused-ring (bicyclic) bond motifs is 1. The van der Waals surface area contributed by atoms with E-state index in [0.29, 0.717) is 34.3 Å². The summed E-state index contributed by atoms with van der Waals surface area (Å²) >= 11 is 1.33. The van der Waals surface area contributed by atoms with Gasteiger partial charge in [-0.1, -0.05) is 30.8 Å². The zero-order chi connectivity index (χ0) is 23.8. The number of esters is 1. The summed E-state index contributed by atoms with van der Waals surface area (Å²) in [6.45, 7) is 1.93. The maximum Gasteiger partial charge on any atom is 0.311 e. The van der Waals surface area contributed by atoms with E-state index < -0.39 is 5.25 Å². The predicted molar refractivity (Wildman–Crippen MR) is 132 cm³/mol. The van der Waals surface area contributed by atoms with E-state index in [-0.39, 0.29) is 18.3 Å². The van der Waals surface area contributed by atoms with Crippen molar-refractivity contribution in [1.82, 2.24) is 0 Å². The van der Waals surface area contributed by atoms with Gasteiger partial charge in [0.25, 0.3) is 0 Å². The fourth-order valence-electron chi connectivity index (χ4n) is 3.16. The number of amides is 1. The van der Waals surface area contributed by atoms with E-state index in [1.807, 2.05) is 31.2 Å². The van der Waals surface area contributed by atoms with E-state index >= 15 is 0 Å². The number of carbonyl (C=O) groups excluding carboxylic acids is 2. The number of para-hydroxylation sites is 2. The molecule has 0 radical (unpaired) electrons. The van der Waals surface area contributed by atoms with Gasteiger partial charge in [-0.25, -0.2) is 4.99 Å². The highest BCUT2D eigenvalue weighted by Gasteiger charge is 2.23. The highest BCUT2D eigenvalue weighted by molar-refractivity contribution is 8.15. The van der Waals surface area contributed by atoms with Crippen molar-refractivity contribution in [1.29, 1.82) is 0 Å². The first-order chi connectivity index (χ1) is 16.0. The van der Waals surface area contributed by atoms with Gasteiger partial charge in [0.2, 0.25) is 5.91 Å². The maximum atomic E-state index is 13.1. The van der Waals surface area contributed by atoms with Gasteiger partial charge in [0, 0.05) is 11.8 Å². The van der Waals surface area contributed by atoms with E-state index in [4.69, 9.17) is 19.2 Å². The van der Waals surface area contributed by atoms with Gasteiger partial charge in [-0.15, -0.1) is 0 Å². The third kappa shape index (κ3) is 6.29. The molecule has 0 aliphatic carbocycles. The highest BCUT2D eigenvalue weighted by Crippen LogP contribution is 2.34. The number of rotatable bonds is 8. The molecule has 1 aliphatic rings. The number of methoxy groups -OCH3 is 3. The van der Waals surface area contributed by atoms with Gasteiger partial charge in [0.15, 0.2) is 0 Å². The second-order valence-corrected chi connectivity index (χ2v) is 8.31. The molecule has 33 heavy (non-hydrogen) atoms. The van der Waals surface area contributed by atoms with Gasteiger partial charge in [-0.05, 0) is 36.8 Å². The quantitative estimate of drug-likeness (QED) is 0.538. The van der Waals surface area contributed by atoms with E-state index in [9.17, 15) is 9.59 Å². The van der Waals surface area contributed by atoms with Crippen molar-refractivity contribution >= 4 is 45.7 Å². The number of thioether (sulfide) groups is 1. The Morgan fingerprint density at radius 1 is 1.12 bits per heavy atom. The number of nitrogens with one attached hydrogen (secondary N) is 2. The first-order valence-corrected chi connectivity index (χ1v) is 11.3. The third-order valence-corrected chi connectivity index (χ3v) is 6.16. The molecule has 1 heterocycles. The Kier molecular flexibility index (Phi) is 8.37. The Bertz CT molecular complexity index is 1080. The van der Waals surface area contributed by atoms with Gasteiger partial charge < -0.3 is 24.8 Å². The fourth-order valence-corrected chi connectivity index (χ4v) is 4.15. The zero-order valence-corrected chi connectivity index (χ0v) is 19.8. The normalized spacial score (nSPS) is 13.3. The minimum absolute atomic E-state index is 0.0639. The lowest BCUT2D eigenvalue weighted by atomic mass is 10.2. The third-order valence-electron chi connectivity index (χ3n) is 4.88. The van der Waals surface area contributed by atoms with Gasteiger partial charge in [-0.2, -0.15) is 0 Å². The first-order valence-electron chi connectivity index (χ1n) is 10.4. The predicted octanol–water partition coefficient (Wildman–Crippen LogP) is 4.76. The molecule has 2 aromatic rings. The molecule has 2 N–H and O–H groups in total. The van der Waals surface area contributed by atoms with Crippen LogP contribution in [0.5, 0.6) is 11.5 Å². The first kappa shape index (κ1) is 24.2. The monoisotopic (exact) mass is 469 g/mol. The Morgan fingerprint density at radius 3 is 2.61 bits per heavy atom. The van der Waals surface area contributed by atoms with Crippen molar-refractivity contribution in [3.63, 3.8) is 0 Å². The van der Waals surface area contributed by atoms with Crippen LogP contribution in [0, 0.1) is 0 Å². The number of nitrogens with zero attached hydrogens (tertiary/aromatic N) is 1. The number of aliphatic imine (C=N–C) groups is 1. The van der Waals surface area contributed by atoms with Crippen LogP contribution >= 0.6 is 11.8 Å². The number of benzene rings is 2. The molecular formula is C24H27N3O5S. The van der Waals surface area contributed by atoms with Crippen molar-refractivity contribution in [3.8, 4) is 11.5 Å². The van der Waals surface area contributed by atoms with Crippen molar-refractivity contribution in [2.45, 2.75) is 25.0 Å². The number of anilines is 2. The SMILES string of the molecule is CCC(SC1=Nc2ccccc2NC(CC(=O)OC)=C1)C(=O)Nc1cc(OC)ccc1OC. The summed E-state index contributed by atoms with van der Waals surface area (Å²) in [5, 5.41) is 6.36. The molecule has 9 heteroatoms. The molecule has 0 bridgehead atoms. The highest BCUT2D eigenvalue weighted by atomic mass is 32.2. The maximum absolute atomic E-state index is 13.1. The topological polar surface area (TPSA) is 98.2 Å².